The molecule has 0 radical (unpaired) electrons. The third-order valence-corrected chi connectivity index (χ3v) is 3.22. The van der Waals surface area contributed by atoms with E-state index in [4.69, 9.17) is 11.6 Å². The molecule has 0 atom stereocenters. The fraction of sp³-hybridized carbons (Fsp3) is 0.471. The molecule has 0 unspecified atom stereocenters. The zero-order valence-electron chi connectivity index (χ0n) is 15.1. The van der Waals surface area contributed by atoms with Crippen molar-refractivity contribution in [2.75, 3.05) is 26.7 Å². The van der Waals surface area contributed by atoms with E-state index in [0.717, 1.165) is 0 Å². The number of halogens is 1. The number of carbonyl (C=O) groups excluding carboxylic acids is 2. The molecule has 0 fully saturated rings. The van der Waals surface area contributed by atoms with Crippen LogP contribution in [-0.2, 0) is 4.79 Å². The molecule has 25 heavy (non-hydrogen) atoms. The van der Waals surface area contributed by atoms with Crippen LogP contribution in [0.5, 0.6) is 0 Å². The van der Waals surface area contributed by atoms with Crippen molar-refractivity contribution < 1.29 is 9.59 Å². The quantitative estimate of drug-likeness (QED) is 0.344. The molecule has 1 rings (SSSR count). The van der Waals surface area contributed by atoms with E-state index >= 15 is 0 Å². The zero-order valence-corrected chi connectivity index (χ0v) is 15.8. The molecule has 138 valence electrons. The molecule has 0 aliphatic carbocycles. The molecule has 0 aromatic heterocycles. The summed E-state index contributed by atoms with van der Waals surface area (Å²) in [6, 6.07) is 6.67. The van der Waals surface area contributed by atoms with Gasteiger partial charge >= 0.3 is 0 Å². The van der Waals surface area contributed by atoms with Gasteiger partial charge in [-0.3, -0.25) is 14.6 Å². The normalized spacial score (nSPS) is 11.6. The molecule has 1 aromatic rings. The second kappa shape index (κ2) is 9.88. The summed E-state index contributed by atoms with van der Waals surface area (Å²) in [4.78, 5) is 27.7. The average Bonchev–Trinajstić information content (AvgIpc) is 2.53. The van der Waals surface area contributed by atoms with Gasteiger partial charge in [-0.2, -0.15) is 0 Å². The van der Waals surface area contributed by atoms with Gasteiger partial charge in [0.15, 0.2) is 5.96 Å². The van der Waals surface area contributed by atoms with Crippen molar-refractivity contribution in [1.29, 1.82) is 0 Å². The maximum Gasteiger partial charge on any atom is 0.251 e. The van der Waals surface area contributed by atoms with Gasteiger partial charge in [0.1, 0.15) is 0 Å². The summed E-state index contributed by atoms with van der Waals surface area (Å²) in [6.45, 7) is 6.76. The minimum absolute atomic E-state index is 0.119. The number of benzene rings is 1. The van der Waals surface area contributed by atoms with Gasteiger partial charge in [0.25, 0.3) is 5.91 Å². The first kappa shape index (κ1) is 20.8. The van der Waals surface area contributed by atoms with Crippen molar-refractivity contribution in [2.45, 2.75) is 26.3 Å². The Morgan fingerprint density at radius 2 is 1.64 bits per heavy atom. The van der Waals surface area contributed by atoms with Gasteiger partial charge < -0.3 is 21.3 Å². The Morgan fingerprint density at radius 1 is 1.04 bits per heavy atom. The monoisotopic (exact) mass is 367 g/mol. The molecule has 0 aliphatic rings. The number of amides is 2. The van der Waals surface area contributed by atoms with Crippen molar-refractivity contribution in [3.8, 4) is 0 Å². The third-order valence-electron chi connectivity index (χ3n) is 2.96. The summed E-state index contributed by atoms with van der Waals surface area (Å²) >= 11 is 5.79. The number of rotatable bonds is 6. The van der Waals surface area contributed by atoms with Crippen molar-refractivity contribution in [3.05, 3.63) is 34.9 Å². The second-order valence-electron chi connectivity index (χ2n) is 6.41. The molecular weight excluding hydrogens is 342 g/mol. The second-order valence-corrected chi connectivity index (χ2v) is 6.85. The molecule has 8 heteroatoms. The summed E-state index contributed by atoms with van der Waals surface area (Å²) < 4.78 is 0. The summed E-state index contributed by atoms with van der Waals surface area (Å²) in [5, 5.41) is 12.2. The predicted molar refractivity (Wildman–Crippen MR) is 101 cm³/mol. The van der Waals surface area contributed by atoms with E-state index in [0.29, 0.717) is 29.6 Å². The molecule has 0 saturated carbocycles. The number of carbonyl (C=O) groups is 2. The Bertz CT molecular complexity index is 608. The number of hydrogen-bond donors (Lipinski definition) is 4. The topological polar surface area (TPSA) is 94.6 Å². The van der Waals surface area contributed by atoms with Gasteiger partial charge in [-0.25, -0.2) is 0 Å². The number of hydrogen-bond acceptors (Lipinski definition) is 3. The summed E-state index contributed by atoms with van der Waals surface area (Å²) in [6.07, 6.45) is 0. The van der Waals surface area contributed by atoms with E-state index in [2.05, 4.69) is 26.3 Å². The first-order chi connectivity index (χ1) is 11.7. The van der Waals surface area contributed by atoms with Crippen molar-refractivity contribution in [2.24, 2.45) is 4.99 Å². The van der Waals surface area contributed by atoms with Gasteiger partial charge in [0, 0.05) is 36.3 Å². The van der Waals surface area contributed by atoms with Crippen LogP contribution < -0.4 is 21.3 Å². The Labute approximate surface area is 153 Å². The molecule has 1 aromatic carbocycles. The smallest absolute Gasteiger partial charge is 0.251 e. The molecule has 7 nitrogen and oxygen atoms in total. The first-order valence-corrected chi connectivity index (χ1v) is 8.38. The molecule has 2 amide bonds. The molecular formula is C17H26ClN5O2. The summed E-state index contributed by atoms with van der Waals surface area (Å²) in [5.41, 5.74) is 0.271. The molecule has 0 spiro atoms. The van der Waals surface area contributed by atoms with E-state index < -0.39 is 0 Å². The van der Waals surface area contributed by atoms with Gasteiger partial charge in [0.2, 0.25) is 5.91 Å². The lowest BCUT2D eigenvalue weighted by Crippen LogP contribution is -2.48. The van der Waals surface area contributed by atoms with Gasteiger partial charge in [-0.05, 0) is 45.0 Å². The van der Waals surface area contributed by atoms with Crippen LogP contribution in [0.3, 0.4) is 0 Å². The van der Waals surface area contributed by atoms with Crippen molar-refractivity contribution in [1.82, 2.24) is 21.3 Å². The highest BCUT2D eigenvalue weighted by molar-refractivity contribution is 6.30. The lowest BCUT2D eigenvalue weighted by Gasteiger charge is -2.21. The van der Waals surface area contributed by atoms with E-state index in [9.17, 15) is 9.59 Å². The zero-order chi connectivity index (χ0) is 18.9. The van der Waals surface area contributed by atoms with Crippen molar-refractivity contribution >= 4 is 29.4 Å². The Morgan fingerprint density at radius 3 is 2.20 bits per heavy atom. The van der Waals surface area contributed by atoms with Gasteiger partial charge in [-0.1, -0.05) is 11.6 Å². The molecule has 0 heterocycles. The maximum absolute atomic E-state index is 11.9. The summed E-state index contributed by atoms with van der Waals surface area (Å²) in [5.74, 6) is 0.197. The number of guanidine groups is 1. The van der Waals surface area contributed by atoms with Crippen LogP contribution in [0, 0.1) is 0 Å². The minimum atomic E-state index is -0.276. The average molecular weight is 368 g/mol. The Hall–Kier alpha value is -2.28. The number of nitrogens with zero attached hydrogens (tertiary/aromatic N) is 1. The van der Waals surface area contributed by atoms with E-state index in [1.807, 2.05) is 20.8 Å². The Kier molecular flexibility index (Phi) is 8.21. The van der Waals surface area contributed by atoms with Crippen LogP contribution in [0.15, 0.2) is 29.3 Å². The fourth-order valence-corrected chi connectivity index (χ4v) is 2.03. The molecule has 0 bridgehead atoms. The number of aliphatic imine (C=N–C) groups is 1. The van der Waals surface area contributed by atoms with E-state index in [1.54, 1.807) is 31.3 Å². The minimum Gasteiger partial charge on any atom is -0.355 e. The van der Waals surface area contributed by atoms with E-state index in [-0.39, 0.29) is 23.9 Å². The van der Waals surface area contributed by atoms with E-state index in [1.165, 1.54) is 0 Å². The van der Waals surface area contributed by atoms with Crippen LogP contribution in [0.25, 0.3) is 0 Å². The number of nitrogens with one attached hydrogen (secondary N) is 4. The molecule has 0 saturated heterocycles. The predicted octanol–water partition coefficient (Wildman–Crippen LogP) is 1.15. The van der Waals surface area contributed by atoms with Crippen LogP contribution in [0.2, 0.25) is 5.02 Å². The molecule has 4 N–H and O–H groups in total. The lowest BCUT2D eigenvalue weighted by molar-refractivity contribution is -0.121. The van der Waals surface area contributed by atoms with Gasteiger partial charge in [0.05, 0.1) is 6.54 Å². The van der Waals surface area contributed by atoms with Crippen molar-refractivity contribution in [3.63, 3.8) is 0 Å². The van der Waals surface area contributed by atoms with Gasteiger partial charge in [-0.15, -0.1) is 0 Å². The van der Waals surface area contributed by atoms with Crippen LogP contribution in [0.4, 0.5) is 0 Å². The molecule has 0 aliphatic heterocycles. The van der Waals surface area contributed by atoms with Crippen LogP contribution in [-0.4, -0.2) is 50.0 Å². The maximum atomic E-state index is 11.9. The fourth-order valence-electron chi connectivity index (χ4n) is 1.91. The SMILES string of the molecule is CN=C(NCCNC(=O)c1ccc(Cl)cc1)NCC(=O)NC(C)(C)C. The Balaban J connectivity index is 2.28. The first-order valence-electron chi connectivity index (χ1n) is 8.00. The van der Waals surface area contributed by atoms with Crippen LogP contribution >= 0.6 is 11.6 Å². The lowest BCUT2D eigenvalue weighted by atomic mass is 10.1. The summed E-state index contributed by atoms with van der Waals surface area (Å²) in [7, 11) is 1.61. The highest BCUT2D eigenvalue weighted by Crippen LogP contribution is 2.09. The highest BCUT2D eigenvalue weighted by atomic mass is 35.5. The standard InChI is InChI=1S/C17H26ClN5O2/c1-17(2,3)23-14(24)11-22-16(19-4)21-10-9-20-15(25)12-5-7-13(18)8-6-12/h5-8H,9-11H2,1-4H3,(H,20,25)(H,23,24)(H2,19,21,22). The van der Waals surface area contributed by atoms with Crippen LogP contribution in [0.1, 0.15) is 31.1 Å². The largest absolute Gasteiger partial charge is 0.355 e. The third kappa shape index (κ3) is 8.95. The highest BCUT2D eigenvalue weighted by Gasteiger charge is 2.13.